The predicted molar refractivity (Wildman–Crippen MR) is 85.4 cm³/mol. The fourth-order valence-electron chi connectivity index (χ4n) is 2.73. The molecule has 0 bridgehead atoms. The predicted octanol–water partition coefficient (Wildman–Crippen LogP) is 2.33. The number of rotatable bonds is 1. The molecule has 6 nitrogen and oxygen atoms in total. The van der Waals surface area contributed by atoms with Gasteiger partial charge in [0.15, 0.2) is 0 Å². The molecule has 4 N–H and O–H groups in total. The molecule has 2 aliphatic rings. The molecule has 1 aromatic carbocycles. The first-order valence-electron chi connectivity index (χ1n) is 6.72. The van der Waals surface area contributed by atoms with Gasteiger partial charge in [0.05, 0.1) is 23.3 Å². The highest BCUT2D eigenvalue weighted by Gasteiger charge is 2.34. The maximum Gasteiger partial charge on any atom is 0.229 e. The standard InChI is InChI=1S/C15H13ClN4O.H2O/c16-14-8-6-11(9-17-14)19-15(21)13-7-5-10-3-1-2-4-12(10)20(13)18-19;/h1-4,6,8-9,18,21H,5,7H2;1H2. The number of aryl methyl sites for hydroxylation is 1. The summed E-state index contributed by atoms with van der Waals surface area (Å²) in [7, 11) is 0. The molecule has 0 unspecified atom stereocenters. The van der Waals surface area contributed by atoms with E-state index in [1.165, 1.54) is 5.56 Å². The lowest BCUT2D eigenvalue weighted by molar-refractivity contribution is 0.386. The van der Waals surface area contributed by atoms with Crippen molar-refractivity contribution in [2.45, 2.75) is 12.8 Å². The molecule has 4 rings (SSSR count). The molecule has 2 aliphatic heterocycles. The molecule has 1 aromatic heterocycles. The molecule has 0 atom stereocenters. The largest absolute Gasteiger partial charge is 0.492 e. The number of allylic oxidation sites excluding steroid dienone is 1. The van der Waals surface area contributed by atoms with Gasteiger partial charge in [-0.05, 0) is 36.6 Å². The molecule has 0 spiro atoms. The van der Waals surface area contributed by atoms with Crippen molar-refractivity contribution in [3.63, 3.8) is 0 Å². The number of para-hydroxylation sites is 1. The Balaban J connectivity index is 0.00000144. The minimum Gasteiger partial charge on any atom is -0.492 e. The van der Waals surface area contributed by atoms with Crippen molar-refractivity contribution in [3.05, 3.63) is 64.9 Å². The molecule has 3 heterocycles. The number of aromatic nitrogens is 1. The number of aliphatic hydroxyl groups is 1. The number of nitrogens with one attached hydrogen (secondary N) is 1. The van der Waals surface area contributed by atoms with Crippen LogP contribution in [0, 0.1) is 0 Å². The van der Waals surface area contributed by atoms with Crippen molar-refractivity contribution in [2.75, 3.05) is 10.0 Å². The van der Waals surface area contributed by atoms with Gasteiger partial charge in [0, 0.05) is 0 Å². The zero-order valence-electron chi connectivity index (χ0n) is 11.6. The maximum absolute atomic E-state index is 10.5. The van der Waals surface area contributed by atoms with Crippen LogP contribution in [-0.2, 0) is 6.42 Å². The number of hydrazine groups is 2. The third kappa shape index (κ3) is 2.18. The summed E-state index contributed by atoms with van der Waals surface area (Å²) in [6, 6.07) is 11.7. The van der Waals surface area contributed by atoms with Gasteiger partial charge in [-0.3, -0.25) is 5.01 Å². The van der Waals surface area contributed by atoms with E-state index in [-0.39, 0.29) is 11.4 Å². The second-order valence-corrected chi connectivity index (χ2v) is 5.40. The average Bonchev–Trinajstić information content (AvgIpc) is 2.86. The molecule has 0 fully saturated rings. The Morgan fingerprint density at radius 1 is 1.09 bits per heavy atom. The van der Waals surface area contributed by atoms with Crippen LogP contribution >= 0.6 is 11.6 Å². The van der Waals surface area contributed by atoms with E-state index in [4.69, 9.17) is 11.6 Å². The van der Waals surface area contributed by atoms with Crippen molar-refractivity contribution in [3.8, 4) is 0 Å². The maximum atomic E-state index is 10.5. The van der Waals surface area contributed by atoms with Crippen LogP contribution in [0.3, 0.4) is 0 Å². The topological polar surface area (TPSA) is 83.1 Å². The van der Waals surface area contributed by atoms with Gasteiger partial charge in [0.25, 0.3) is 0 Å². The third-order valence-corrected chi connectivity index (χ3v) is 4.00. The van der Waals surface area contributed by atoms with Crippen molar-refractivity contribution in [2.24, 2.45) is 0 Å². The Morgan fingerprint density at radius 2 is 1.91 bits per heavy atom. The summed E-state index contributed by atoms with van der Waals surface area (Å²) in [5.41, 5.74) is 7.12. The summed E-state index contributed by atoms with van der Waals surface area (Å²) in [5, 5.41) is 14.4. The van der Waals surface area contributed by atoms with E-state index in [0.29, 0.717) is 5.15 Å². The molecule has 114 valence electrons. The summed E-state index contributed by atoms with van der Waals surface area (Å²) in [5.74, 6) is 0.202. The lowest BCUT2D eigenvalue weighted by atomic mass is 10.0. The minimum absolute atomic E-state index is 0. The van der Waals surface area contributed by atoms with Crippen LogP contribution in [0.25, 0.3) is 0 Å². The van der Waals surface area contributed by atoms with Gasteiger partial charge in [-0.2, -0.15) is 0 Å². The molecule has 0 aliphatic carbocycles. The first kappa shape index (κ1) is 14.6. The fraction of sp³-hybridized carbons (Fsp3) is 0.133. The van der Waals surface area contributed by atoms with Crippen LogP contribution < -0.4 is 15.6 Å². The normalized spacial score (nSPS) is 16.2. The summed E-state index contributed by atoms with van der Waals surface area (Å²) in [6.45, 7) is 0. The second-order valence-electron chi connectivity index (χ2n) is 5.01. The van der Waals surface area contributed by atoms with Crippen molar-refractivity contribution in [1.82, 2.24) is 10.5 Å². The van der Waals surface area contributed by atoms with Gasteiger partial charge in [-0.1, -0.05) is 29.8 Å². The molecular weight excluding hydrogens is 304 g/mol. The number of nitrogens with zero attached hydrogens (tertiary/aromatic N) is 3. The zero-order chi connectivity index (χ0) is 14.4. The van der Waals surface area contributed by atoms with Crippen molar-refractivity contribution >= 4 is 23.0 Å². The summed E-state index contributed by atoms with van der Waals surface area (Å²) < 4.78 is 0. The Kier molecular flexibility index (Phi) is 3.66. The lowest BCUT2D eigenvalue weighted by Gasteiger charge is -2.29. The third-order valence-electron chi connectivity index (χ3n) is 3.77. The molecule has 0 radical (unpaired) electrons. The number of anilines is 2. The molecule has 2 aromatic rings. The van der Waals surface area contributed by atoms with Crippen LogP contribution in [0.1, 0.15) is 12.0 Å². The lowest BCUT2D eigenvalue weighted by Crippen LogP contribution is -2.43. The second kappa shape index (κ2) is 5.49. The van der Waals surface area contributed by atoms with E-state index >= 15 is 0 Å². The molecule has 0 saturated carbocycles. The van der Waals surface area contributed by atoms with E-state index in [9.17, 15) is 5.11 Å². The summed E-state index contributed by atoms with van der Waals surface area (Å²) >= 11 is 5.81. The number of pyridine rings is 1. The number of benzene rings is 1. The Labute approximate surface area is 132 Å². The smallest absolute Gasteiger partial charge is 0.229 e. The molecule has 22 heavy (non-hydrogen) atoms. The zero-order valence-corrected chi connectivity index (χ0v) is 12.4. The number of hydrogen-bond acceptors (Lipinski definition) is 5. The monoisotopic (exact) mass is 318 g/mol. The highest BCUT2D eigenvalue weighted by molar-refractivity contribution is 6.29. The van der Waals surface area contributed by atoms with Gasteiger partial charge in [-0.25, -0.2) is 9.99 Å². The minimum atomic E-state index is 0. The Hall–Kier alpha value is -2.28. The first-order valence-corrected chi connectivity index (χ1v) is 7.10. The molecule has 0 saturated heterocycles. The number of hydrogen-bond donors (Lipinski definition) is 2. The number of aliphatic hydroxyl groups excluding tert-OH is 1. The van der Waals surface area contributed by atoms with Crippen LogP contribution in [0.4, 0.5) is 11.4 Å². The van der Waals surface area contributed by atoms with Crippen LogP contribution in [-0.4, -0.2) is 15.6 Å². The SMILES string of the molecule is O.OC1=C2CCc3ccccc3N2NN1c1ccc(Cl)nc1. The quantitative estimate of drug-likeness (QED) is 0.788. The fourth-order valence-corrected chi connectivity index (χ4v) is 2.85. The number of fused-ring (bicyclic) bond motifs is 3. The van der Waals surface area contributed by atoms with E-state index < -0.39 is 0 Å². The summed E-state index contributed by atoms with van der Waals surface area (Å²) in [4.78, 5) is 4.05. The van der Waals surface area contributed by atoms with Gasteiger partial charge >= 0.3 is 0 Å². The van der Waals surface area contributed by atoms with E-state index in [1.54, 1.807) is 17.3 Å². The van der Waals surface area contributed by atoms with Crippen molar-refractivity contribution < 1.29 is 10.6 Å². The number of halogens is 1. The average molecular weight is 319 g/mol. The van der Waals surface area contributed by atoms with Gasteiger partial charge < -0.3 is 10.6 Å². The van der Waals surface area contributed by atoms with Crippen molar-refractivity contribution in [1.29, 1.82) is 0 Å². The van der Waals surface area contributed by atoms with Gasteiger partial charge in [0.1, 0.15) is 5.15 Å². The van der Waals surface area contributed by atoms with E-state index in [2.05, 4.69) is 16.6 Å². The van der Waals surface area contributed by atoms with Gasteiger partial charge in [-0.15, -0.1) is 5.53 Å². The van der Waals surface area contributed by atoms with Crippen LogP contribution in [0.5, 0.6) is 0 Å². The molecule has 7 heteroatoms. The molecular formula is C15H15ClN4O2. The Morgan fingerprint density at radius 3 is 2.68 bits per heavy atom. The van der Waals surface area contributed by atoms with E-state index in [1.807, 2.05) is 29.3 Å². The highest BCUT2D eigenvalue weighted by atomic mass is 35.5. The van der Waals surface area contributed by atoms with Crippen LogP contribution in [0.2, 0.25) is 5.15 Å². The van der Waals surface area contributed by atoms with Crippen LogP contribution in [0.15, 0.2) is 54.2 Å². The van der Waals surface area contributed by atoms with Gasteiger partial charge in [0.2, 0.25) is 5.88 Å². The highest BCUT2D eigenvalue weighted by Crippen LogP contribution is 2.37. The Bertz CT molecular complexity index is 733. The molecule has 0 amide bonds. The van der Waals surface area contributed by atoms with E-state index in [0.717, 1.165) is 29.9 Å². The summed E-state index contributed by atoms with van der Waals surface area (Å²) in [6.07, 6.45) is 3.32. The first-order chi connectivity index (χ1) is 10.2.